The highest BCUT2D eigenvalue weighted by molar-refractivity contribution is 6.66. The van der Waals surface area contributed by atoms with Crippen LogP contribution in [-0.2, 0) is 4.79 Å². The van der Waals surface area contributed by atoms with Gasteiger partial charge in [0, 0.05) is 0 Å². The summed E-state index contributed by atoms with van der Waals surface area (Å²) < 4.78 is 10.8. The normalized spacial score (nSPS) is 14.2. The van der Waals surface area contributed by atoms with E-state index in [2.05, 4.69) is 0 Å². The molecule has 0 radical (unpaired) electrons. The highest BCUT2D eigenvalue weighted by atomic mass is 35.5. The Balaban J connectivity index is 2.24. The van der Waals surface area contributed by atoms with Crippen LogP contribution in [0.5, 0.6) is 11.5 Å². The fraction of sp³-hybridized carbons (Fsp3) is 0.182. The zero-order valence-electron chi connectivity index (χ0n) is 7.90. The fourth-order valence-corrected chi connectivity index (χ4v) is 1.39. The number of rotatable bonds is 2. The molecule has 1 aliphatic heterocycles. The minimum absolute atomic E-state index is 0.495. The van der Waals surface area contributed by atoms with Crippen molar-refractivity contribution in [3.05, 3.63) is 29.8 Å². The average molecular weight is 225 g/mol. The lowest BCUT2D eigenvalue weighted by molar-refractivity contribution is -0.107. The van der Waals surface area contributed by atoms with Gasteiger partial charge in [-0.3, -0.25) is 4.79 Å². The Morgan fingerprint density at radius 2 is 2.00 bits per heavy atom. The third-order valence-electron chi connectivity index (χ3n) is 1.97. The Labute approximate surface area is 92.3 Å². The van der Waals surface area contributed by atoms with Gasteiger partial charge in [0.1, 0.15) is 13.2 Å². The van der Waals surface area contributed by atoms with E-state index in [1.807, 2.05) is 18.2 Å². The van der Waals surface area contributed by atoms with Crippen molar-refractivity contribution in [2.24, 2.45) is 0 Å². The van der Waals surface area contributed by atoms with Crippen molar-refractivity contribution in [3.8, 4) is 11.5 Å². The van der Waals surface area contributed by atoms with Crippen molar-refractivity contribution in [3.63, 3.8) is 0 Å². The molecular weight excluding hydrogens is 216 g/mol. The maximum atomic E-state index is 10.5. The Hall–Kier alpha value is -1.48. The Morgan fingerprint density at radius 1 is 1.27 bits per heavy atom. The molecule has 1 heterocycles. The molecule has 15 heavy (non-hydrogen) atoms. The molecule has 0 N–H and O–H groups in total. The lowest BCUT2D eigenvalue weighted by atomic mass is 10.2. The number of hydrogen-bond acceptors (Lipinski definition) is 3. The molecule has 1 aliphatic rings. The van der Waals surface area contributed by atoms with Gasteiger partial charge < -0.3 is 9.47 Å². The number of allylic oxidation sites excluding steroid dienone is 1. The second-order valence-corrected chi connectivity index (χ2v) is 3.41. The first-order valence-electron chi connectivity index (χ1n) is 4.53. The van der Waals surface area contributed by atoms with Gasteiger partial charge in [-0.25, -0.2) is 0 Å². The first-order chi connectivity index (χ1) is 7.25. The van der Waals surface area contributed by atoms with Crippen LogP contribution in [0.2, 0.25) is 0 Å². The van der Waals surface area contributed by atoms with Crippen LogP contribution in [0.3, 0.4) is 0 Å². The van der Waals surface area contributed by atoms with Crippen molar-refractivity contribution in [1.82, 2.24) is 0 Å². The molecule has 0 aromatic heterocycles. The molecule has 0 spiro atoms. The van der Waals surface area contributed by atoms with Crippen LogP contribution in [-0.4, -0.2) is 18.5 Å². The number of hydrogen-bond donors (Lipinski definition) is 0. The molecule has 2 rings (SSSR count). The molecule has 0 unspecified atom stereocenters. The van der Waals surface area contributed by atoms with E-state index in [4.69, 9.17) is 21.1 Å². The number of carbonyl (C=O) groups excluding carboxylic acids is 1. The molecule has 0 atom stereocenters. The molecule has 0 saturated heterocycles. The zero-order valence-corrected chi connectivity index (χ0v) is 8.66. The van der Waals surface area contributed by atoms with Gasteiger partial charge in [-0.2, -0.15) is 0 Å². The van der Waals surface area contributed by atoms with Gasteiger partial charge in [0.25, 0.3) is 0 Å². The number of fused-ring (bicyclic) bond motifs is 1. The number of halogens is 1. The highest BCUT2D eigenvalue weighted by Crippen LogP contribution is 2.30. The van der Waals surface area contributed by atoms with Crippen molar-refractivity contribution in [1.29, 1.82) is 0 Å². The number of ether oxygens (including phenoxy) is 2. The summed E-state index contributed by atoms with van der Waals surface area (Å²) in [6, 6.07) is 5.46. The fourth-order valence-electron chi connectivity index (χ4n) is 1.33. The molecule has 4 heteroatoms. The lowest BCUT2D eigenvalue weighted by Gasteiger charge is -2.18. The maximum absolute atomic E-state index is 10.5. The average Bonchev–Trinajstić information content (AvgIpc) is 2.26. The molecule has 0 aliphatic carbocycles. The van der Waals surface area contributed by atoms with E-state index in [9.17, 15) is 4.79 Å². The van der Waals surface area contributed by atoms with E-state index in [0.717, 1.165) is 11.3 Å². The van der Waals surface area contributed by atoms with Crippen LogP contribution in [0.1, 0.15) is 5.56 Å². The van der Waals surface area contributed by atoms with Gasteiger partial charge >= 0.3 is 0 Å². The molecule has 1 aromatic rings. The van der Waals surface area contributed by atoms with Crippen molar-refractivity contribution >= 4 is 22.9 Å². The molecule has 0 amide bonds. The molecule has 1 aromatic carbocycles. The summed E-state index contributed by atoms with van der Waals surface area (Å²) in [4.78, 5) is 10.5. The van der Waals surface area contributed by atoms with Gasteiger partial charge in [-0.05, 0) is 35.4 Å². The maximum Gasteiger partial charge on any atom is 0.245 e. The molecule has 0 bridgehead atoms. The van der Waals surface area contributed by atoms with Crippen LogP contribution >= 0.6 is 11.6 Å². The molecule has 0 fully saturated rings. The van der Waals surface area contributed by atoms with E-state index in [-0.39, 0.29) is 0 Å². The smallest absolute Gasteiger partial charge is 0.245 e. The predicted molar refractivity (Wildman–Crippen MR) is 57.3 cm³/mol. The summed E-state index contributed by atoms with van der Waals surface area (Å²) in [6.07, 6.45) is 2.93. The Morgan fingerprint density at radius 3 is 2.73 bits per heavy atom. The summed E-state index contributed by atoms with van der Waals surface area (Å²) >= 11 is 5.19. The third-order valence-corrected chi connectivity index (χ3v) is 2.10. The summed E-state index contributed by atoms with van der Waals surface area (Å²) in [6.45, 7) is 1.12. The minimum atomic E-state index is -0.495. The van der Waals surface area contributed by atoms with Crippen LogP contribution < -0.4 is 9.47 Å². The second kappa shape index (κ2) is 4.36. The van der Waals surface area contributed by atoms with Gasteiger partial charge in [0.05, 0.1) is 0 Å². The second-order valence-electron chi connectivity index (χ2n) is 3.04. The monoisotopic (exact) mass is 224 g/mol. The van der Waals surface area contributed by atoms with Crippen molar-refractivity contribution in [2.45, 2.75) is 0 Å². The summed E-state index contributed by atoms with van der Waals surface area (Å²) in [7, 11) is 0. The van der Waals surface area contributed by atoms with E-state index in [1.54, 1.807) is 6.08 Å². The first-order valence-corrected chi connectivity index (χ1v) is 4.91. The molecule has 78 valence electrons. The molecule has 0 saturated carbocycles. The van der Waals surface area contributed by atoms with E-state index >= 15 is 0 Å². The Kier molecular flexibility index (Phi) is 2.92. The van der Waals surface area contributed by atoms with Crippen molar-refractivity contribution in [2.75, 3.05) is 13.2 Å². The highest BCUT2D eigenvalue weighted by Gasteiger charge is 2.10. The zero-order chi connectivity index (χ0) is 10.7. The summed E-state index contributed by atoms with van der Waals surface area (Å²) in [5, 5.41) is -0.495. The Bertz CT molecular complexity index is 412. The third kappa shape index (κ3) is 2.50. The van der Waals surface area contributed by atoms with Crippen LogP contribution in [0.25, 0.3) is 6.08 Å². The number of carbonyl (C=O) groups is 1. The summed E-state index contributed by atoms with van der Waals surface area (Å²) in [5.41, 5.74) is 0.855. The van der Waals surface area contributed by atoms with E-state index in [0.29, 0.717) is 19.0 Å². The van der Waals surface area contributed by atoms with Gasteiger partial charge in [0.2, 0.25) is 5.24 Å². The standard InChI is InChI=1S/C11H9ClO3/c12-11(13)4-2-8-1-3-9-10(7-8)15-6-5-14-9/h1-4,7H,5-6H2/b4-2-. The van der Waals surface area contributed by atoms with Crippen molar-refractivity contribution < 1.29 is 14.3 Å². The van der Waals surface area contributed by atoms with Gasteiger partial charge in [0.15, 0.2) is 11.5 Å². The minimum Gasteiger partial charge on any atom is -0.486 e. The quantitative estimate of drug-likeness (QED) is 0.571. The topological polar surface area (TPSA) is 35.5 Å². The molecule has 3 nitrogen and oxygen atoms in total. The lowest BCUT2D eigenvalue weighted by Crippen LogP contribution is -2.15. The number of benzene rings is 1. The van der Waals surface area contributed by atoms with Gasteiger partial charge in [-0.1, -0.05) is 12.1 Å². The SMILES string of the molecule is O=C(Cl)/C=C\c1ccc2c(c1)OCCO2. The first kappa shape index (κ1) is 10.1. The predicted octanol–water partition coefficient (Wildman–Crippen LogP) is 2.24. The van der Waals surface area contributed by atoms with E-state index < -0.39 is 5.24 Å². The van der Waals surface area contributed by atoms with Crippen LogP contribution in [0.4, 0.5) is 0 Å². The van der Waals surface area contributed by atoms with Crippen LogP contribution in [0.15, 0.2) is 24.3 Å². The summed E-state index contributed by atoms with van der Waals surface area (Å²) in [5.74, 6) is 1.43. The molecular formula is C11H9ClO3. The van der Waals surface area contributed by atoms with Crippen LogP contribution in [0, 0.1) is 0 Å². The van der Waals surface area contributed by atoms with E-state index in [1.165, 1.54) is 6.08 Å². The largest absolute Gasteiger partial charge is 0.486 e. The van der Waals surface area contributed by atoms with Gasteiger partial charge in [-0.15, -0.1) is 0 Å².